The van der Waals surface area contributed by atoms with Gasteiger partial charge in [0.1, 0.15) is 17.7 Å². The number of alkyl carbamates (subject to hydrolysis) is 2. The van der Waals surface area contributed by atoms with Crippen molar-refractivity contribution in [1.29, 1.82) is 0 Å². The first kappa shape index (κ1) is 33.7. The van der Waals surface area contributed by atoms with Crippen LogP contribution in [0, 0.1) is 0 Å². The topological polar surface area (TPSA) is 175 Å². The first-order valence-corrected chi connectivity index (χ1v) is 13.5. The lowest BCUT2D eigenvalue weighted by Gasteiger charge is -2.22. The number of nitrogens with zero attached hydrogens (tertiary/aromatic N) is 4. The number of ether oxygens (including phenoxy) is 3. The largest absolute Gasteiger partial charge is 0.469 e. The Hall–Kier alpha value is -4.49. The molecule has 0 aliphatic heterocycles. The third-order valence-electron chi connectivity index (χ3n) is 5.13. The summed E-state index contributed by atoms with van der Waals surface area (Å²) >= 11 is 0. The molecule has 2 rings (SSSR count). The number of carbonyl (C=O) groups excluding carboxylic acids is 4. The molecule has 0 radical (unpaired) electrons. The fourth-order valence-electron chi connectivity index (χ4n) is 3.47. The summed E-state index contributed by atoms with van der Waals surface area (Å²) in [7, 11) is 1.30. The van der Waals surface area contributed by atoms with E-state index in [-0.39, 0.29) is 31.4 Å². The lowest BCUT2D eigenvalue weighted by atomic mass is 10.0. The number of aryl methyl sites for hydroxylation is 1. The van der Waals surface area contributed by atoms with E-state index in [0.717, 1.165) is 5.56 Å². The van der Waals surface area contributed by atoms with E-state index in [0.29, 0.717) is 18.5 Å². The molecule has 42 heavy (non-hydrogen) atoms. The lowest BCUT2D eigenvalue weighted by Crippen LogP contribution is -2.47. The van der Waals surface area contributed by atoms with Gasteiger partial charge >= 0.3 is 18.2 Å². The van der Waals surface area contributed by atoms with Gasteiger partial charge in [0, 0.05) is 12.7 Å². The van der Waals surface area contributed by atoms with Crippen LogP contribution < -0.4 is 16.0 Å². The van der Waals surface area contributed by atoms with Gasteiger partial charge < -0.3 is 19.5 Å². The molecule has 3 amide bonds. The smallest absolute Gasteiger partial charge is 0.414 e. The number of benzene rings is 1. The quantitative estimate of drug-likeness (QED) is 0.124. The van der Waals surface area contributed by atoms with Crippen molar-refractivity contribution in [2.24, 2.45) is 4.99 Å². The van der Waals surface area contributed by atoms with Gasteiger partial charge in [-0.15, -0.1) is 5.10 Å². The predicted molar refractivity (Wildman–Crippen MR) is 153 cm³/mol. The van der Waals surface area contributed by atoms with Crippen LogP contribution in [-0.2, 0) is 36.8 Å². The molecule has 1 aromatic carbocycles. The highest BCUT2D eigenvalue weighted by molar-refractivity contribution is 6.01. The second-order valence-electron chi connectivity index (χ2n) is 11.3. The molecule has 14 nitrogen and oxygen atoms in total. The minimum Gasteiger partial charge on any atom is -0.469 e. The van der Waals surface area contributed by atoms with Crippen molar-refractivity contribution in [3.8, 4) is 0 Å². The van der Waals surface area contributed by atoms with Crippen LogP contribution in [0.25, 0.3) is 0 Å². The lowest BCUT2D eigenvalue weighted by molar-refractivity contribution is -0.141. The standard InChI is InChI=1S/C28H41N7O7/c1-27(2,3)41-25(38)31-24(32-26(39)42-28(4,5)6)29-15-11-14-20-17-35(34-33-20)18-22(36)30-21(16-23(37)40-7)19-12-9-8-10-13-19/h8-10,12-13,17,21H,11,14-16,18H2,1-7H3,(H,30,36)(H2,29,31,32,38,39)/t21-/m1/s1. The third kappa shape index (κ3) is 13.7. The summed E-state index contributed by atoms with van der Waals surface area (Å²) in [5.74, 6) is -0.903. The highest BCUT2D eigenvalue weighted by Gasteiger charge is 2.22. The highest BCUT2D eigenvalue weighted by Crippen LogP contribution is 2.17. The van der Waals surface area contributed by atoms with Crippen LogP contribution in [0.3, 0.4) is 0 Å². The van der Waals surface area contributed by atoms with Crippen molar-refractivity contribution < 1.29 is 33.4 Å². The van der Waals surface area contributed by atoms with Crippen LogP contribution in [0.1, 0.15) is 71.7 Å². The average Bonchev–Trinajstić information content (AvgIpc) is 3.31. The van der Waals surface area contributed by atoms with Gasteiger partial charge in [0.25, 0.3) is 0 Å². The second-order valence-corrected chi connectivity index (χ2v) is 11.3. The molecule has 0 bridgehead atoms. The molecule has 0 saturated carbocycles. The zero-order valence-corrected chi connectivity index (χ0v) is 25.2. The fourth-order valence-corrected chi connectivity index (χ4v) is 3.47. The zero-order chi connectivity index (χ0) is 31.3. The van der Waals surface area contributed by atoms with Gasteiger partial charge in [0.2, 0.25) is 11.9 Å². The second kappa shape index (κ2) is 15.5. The number of hydrogen-bond donors (Lipinski definition) is 3. The Labute approximate surface area is 245 Å². The molecule has 230 valence electrons. The highest BCUT2D eigenvalue weighted by atomic mass is 16.6. The number of hydrogen-bond acceptors (Lipinski definition) is 10. The predicted octanol–water partition coefficient (Wildman–Crippen LogP) is 3.04. The number of esters is 1. The van der Waals surface area contributed by atoms with E-state index < -0.39 is 35.4 Å². The van der Waals surface area contributed by atoms with Gasteiger partial charge in [0.15, 0.2) is 0 Å². The number of carbonyl (C=O) groups is 4. The van der Waals surface area contributed by atoms with Gasteiger partial charge in [-0.2, -0.15) is 0 Å². The molecular formula is C28H41N7O7. The van der Waals surface area contributed by atoms with E-state index >= 15 is 0 Å². The first-order chi connectivity index (χ1) is 19.6. The van der Waals surface area contributed by atoms with E-state index in [4.69, 9.17) is 14.2 Å². The van der Waals surface area contributed by atoms with Crippen molar-refractivity contribution in [2.45, 2.75) is 84.6 Å². The molecule has 0 saturated heterocycles. The van der Waals surface area contributed by atoms with E-state index in [1.54, 1.807) is 47.7 Å². The van der Waals surface area contributed by atoms with Crippen molar-refractivity contribution in [1.82, 2.24) is 30.9 Å². The number of guanidine groups is 1. The van der Waals surface area contributed by atoms with Crippen LogP contribution in [0.4, 0.5) is 9.59 Å². The summed E-state index contributed by atoms with van der Waals surface area (Å²) in [4.78, 5) is 53.2. The fraction of sp³-hybridized carbons (Fsp3) is 0.536. The van der Waals surface area contributed by atoms with Gasteiger partial charge in [-0.05, 0) is 59.9 Å². The maximum atomic E-state index is 12.7. The molecule has 1 atom stereocenters. The molecule has 3 N–H and O–H groups in total. The van der Waals surface area contributed by atoms with Crippen molar-refractivity contribution in [3.05, 3.63) is 47.8 Å². The summed E-state index contributed by atoms with van der Waals surface area (Å²) < 4.78 is 16.6. The maximum absolute atomic E-state index is 12.7. The Morgan fingerprint density at radius 2 is 1.55 bits per heavy atom. The molecule has 0 spiro atoms. The summed E-state index contributed by atoms with van der Waals surface area (Å²) in [6.45, 7) is 10.4. The summed E-state index contributed by atoms with van der Waals surface area (Å²) in [5.41, 5.74) is -0.0897. The maximum Gasteiger partial charge on any atom is 0.414 e. The molecule has 0 aliphatic rings. The summed E-state index contributed by atoms with van der Waals surface area (Å²) in [6, 6.07) is 8.58. The van der Waals surface area contributed by atoms with Crippen LogP contribution in [-0.4, -0.2) is 69.9 Å². The first-order valence-electron chi connectivity index (χ1n) is 13.5. The van der Waals surface area contributed by atoms with E-state index in [1.165, 1.54) is 11.8 Å². The van der Waals surface area contributed by atoms with Gasteiger partial charge in [-0.25, -0.2) is 14.3 Å². The van der Waals surface area contributed by atoms with Crippen LogP contribution in [0.15, 0.2) is 41.5 Å². The number of aromatic nitrogens is 3. The minimum atomic E-state index is -0.778. The Morgan fingerprint density at radius 3 is 2.10 bits per heavy atom. The van der Waals surface area contributed by atoms with E-state index in [2.05, 4.69) is 31.3 Å². The number of methoxy groups -OCH3 is 1. The summed E-state index contributed by atoms with van der Waals surface area (Å²) in [6.07, 6.45) is 1.03. The Morgan fingerprint density at radius 1 is 0.952 bits per heavy atom. The molecule has 0 fully saturated rings. The number of amides is 3. The Balaban J connectivity index is 1.95. The van der Waals surface area contributed by atoms with Gasteiger partial charge in [-0.1, -0.05) is 35.5 Å². The third-order valence-corrected chi connectivity index (χ3v) is 5.13. The molecule has 1 heterocycles. The van der Waals surface area contributed by atoms with E-state index in [1.807, 2.05) is 30.3 Å². The van der Waals surface area contributed by atoms with Crippen LogP contribution >= 0.6 is 0 Å². The zero-order valence-electron chi connectivity index (χ0n) is 25.2. The van der Waals surface area contributed by atoms with Gasteiger partial charge in [0.05, 0.1) is 25.3 Å². The molecule has 1 aromatic heterocycles. The Kier molecular flexibility index (Phi) is 12.4. The molecular weight excluding hydrogens is 546 g/mol. The normalized spacial score (nSPS) is 12.0. The molecule has 14 heteroatoms. The average molecular weight is 588 g/mol. The Bertz CT molecular complexity index is 1200. The molecule has 0 aliphatic carbocycles. The van der Waals surface area contributed by atoms with Crippen molar-refractivity contribution in [3.63, 3.8) is 0 Å². The van der Waals surface area contributed by atoms with Crippen molar-refractivity contribution in [2.75, 3.05) is 13.7 Å². The monoisotopic (exact) mass is 587 g/mol. The van der Waals surface area contributed by atoms with Gasteiger partial charge in [-0.3, -0.25) is 25.2 Å². The number of rotatable bonds is 10. The summed E-state index contributed by atoms with van der Waals surface area (Å²) in [5, 5.41) is 15.8. The number of nitrogens with one attached hydrogen (secondary N) is 3. The van der Waals surface area contributed by atoms with Crippen LogP contribution in [0.5, 0.6) is 0 Å². The SMILES string of the molecule is COC(=O)C[C@@H](NC(=O)Cn1cc(CCCN=C(NC(=O)OC(C)(C)C)NC(=O)OC(C)(C)C)nn1)c1ccccc1. The molecule has 0 unspecified atom stereocenters. The number of aliphatic imine (C=N–C) groups is 1. The minimum absolute atomic E-state index is 0.0110. The van der Waals surface area contributed by atoms with E-state index in [9.17, 15) is 19.2 Å². The molecule has 2 aromatic rings. The van der Waals surface area contributed by atoms with Crippen LogP contribution in [0.2, 0.25) is 0 Å². The van der Waals surface area contributed by atoms with Crippen molar-refractivity contribution >= 4 is 30.0 Å².